The minimum Gasteiger partial charge on any atom is -0.468 e. The van der Waals surface area contributed by atoms with E-state index >= 15 is 0 Å². The normalized spacial score (nSPS) is 21.2. The summed E-state index contributed by atoms with van der Waals surface area (Å²) in [4.78, 5) is 26.8. The van der Waals surface area contributed by atoms with Crippen molar-refractivity contribution in [3.63, 3.8) is 0 Å². The third-order valence-electron chi connectivity index (χ3n) is 7.47. The summed E-state index contributed by atoms with van der Waals surface area (Å²) < 4.78 is 5.23. The second-order valence-corrected chi connectivity index (χ2v) is 10.5. The van der Waals surface area contributed by atoms with Crippen LogP contribution in [-0.4, -0.2) is 18.9 Å². The number of ether oxygens (including phenoxy) is 1. The van der Waals surface area contributed by atoms with E-state index in [2.05, 4.69) is 67.7 Å². The van der Waals surface area contributed by atoms with Crippen molar-refractivity contribution in [2.24, 2.45) is 11.3 Å². The molecule has 34 heavy (non-hydrogen) atoms. The molecule has 0 saturated carbocycles. The van der Waals surface area contributed by atoms with Crippen LogP contribution in [0.1, 0.15) is 62.6 Å². The Kier molecular flexibility index (Phi) is 5.35. The van der Waals surface area contributed by atoms with E-state index in [1.807, 2.05) is 26.0 Å². The van der Waals surface area contributed by atoms with Gasteiger partial charge in [0.25, 0.3) is 0 Å². The predicted molar refractivity (Wildman–Crippen MR) is 136 cm³/mol. The number of carbonyl (C=O) groups is 2. The SMILES string of the molecule is COC(=O)[C@H]1C2=C(C(=O)CC1(C)C)[C@@H](c1ccc(C(C)C)cc1)c1c(ccc3ccccc13)N2. The Balaban J connectivity index is 1.81. The number of rotatable bonds is 3. The summed E-state index contributed by atoms with van der Waals surface area (Å²) in [6.45, 7) is 8.30. The topological polar surface area (TPSA) is 55.4 Å². The molecule has 4 heteroatoms. The van der Waals surface area contributed by atoms with Crippen LogP contribution in [0.3, 0.4) is 0 Å². The van der Waals surface area contributed by atoms with Crippen molar-refractivity contribution in [1.29, 1.82) is 0 Å². The van der Waals surface area contributed by atoms with Gasteiger partial charge < -0.3 is 10.1 Å². The largest absolute Gasteiger partial charge is 0.468 e. The van der Waals surface area contributed by atoms with Crippen molar-refractivity contribution in [1.82, 2.24) is 0 Å². The lowest BCUT2D eigenvalue weighted by Crippen LogP contribution is -2.44. The van der Waals surface area contributed by atoms with Gasteiger partial charge in [0.15, 0.2) is 5.78 Å². The average molecular weight is 454 g/mol. The fourth-order valence-corrected chi connectivity index (χ4v) is 5.73. The number of nitrogens with one attached hydrogen (secondary N) is 1. The van der Waals surface area contributed by atoms with E-state index in [1.54, 1.807) is 0 Å². The number of hydrogen-bond donors (Lipinski definition) is 1. The van der Waals surface area contributed by atoms with Crippen LogP contribution in [-0.2, 0) is 14.3 Å². The number of methoxy groups -OCH3 is 1. The molecule has 0 spiro atoms. The molecular weight excluding hydrogens is 422 g/mol. The molecule has 3 aromatic rings. The molecule has 5 rings (SSSR count). The molecule has 1 N–H and O–H groups in total. The smallest absolute Gasteiger partial charge is 0.315 e. The van der Waals surface area contributed by atoms with Crippen LogP contribution >= 0.6 is 0 Å². The molecule has 1 aliphatic carbocycles. The zero-order valence-electron chi connectivity index (χ0n) is 20.4. The van der Waals surface area contributed by atoms with Crippen LogP contribution < -0.4 is 5.32 Å². The molecule has 0 aromatic heterocycles. The lowest BCUT2D eigenvalue weighted by molar-refractivity contribution is -0.148. The van der Waals surface area contributed by atoms with Gasteiger partial charge in [-0.3, -0.25) is 9.59 Å². The quantitative estimate of drug-likeness (QED) is 0.456. The van der Waals surface area contributed by atoms with E-state index < -0.39 is 11.3 Å². The average Bonchev–Trinajstić information content (AvgIpc) is 2.81. The van der Waals surface area contributed by atoms with Crippen LogP contribution in [0.2, 0.25) is 0 Å². The molecule has 3 aromatic carbocycles. The van der Waals surface area contributed by atoms with Gasteiger partial charge in [-0.25, -0.2) is 0 Å². The Hall–Kier alpha value is -3.40. The number of allylic oxidation sites excluding steroid dienone is 1. The van der Waals surface area contributed by atoms with Gasteiger partial charge in [0.1, 0.15) is 5.92 Å². The highest BCUT2D eigenvalue weighted by Crippen LogP contribution is 2.53. The standard InChI is InChI=1S/C30H31NO3/c1-17(2)18-10-12-20(13-11-18)24-25-21-9-7-6-8-19(21)14-15-22(25)31-28-26(24)23(32)16-30(3,4)27(28)29(33)34-5/h6-15,17,24,27,31H,16H2,1-5H3/t24-,27+/m0/s1. The van der Waals surface area contributed by atoms with Gasteiger partial charge in [-0.15, -0.1) is 0 Å². The van der Waals surface area contributed by atoms with Gasteiger partial charge in [0, 0.05) is 29.3 Å². The zero-order valence-corrected chi connectivity index (χ0v) is 20.4. The highest BCUT2D eigenvalue weighted by atomic mass is 16.5. The van der Waals surface area contributed by atoms with E-state index in [-0.39, 0.29) is 17.7 Å². The Morgan fingerprint density at radius 3 is 2.41 bits per heavy atom. The number of Topliss-reactive ketones (excluding diaryl/α,β-unsaturated/α-hetero) is 1. The van der Waals surface area contributed by atoms with Gasteiger partial charge in [-0.1, -0.05) is 82.3 Å². The van der Waals surface area contributed by atoms with Crippen molar-refractivity contribution < 1.29 is 14.3 Å². The fraction of sp³-hybridized carbons (Fsp3) is 0.333. The maximum atomic E-state index is 13.8. The van der Waals surface area contributed by atoms with Gasteiger partial charge in [0.05, 0.1) is 7.11 Å². The first-order valence-electron chi connectivity index (χ1n) is 12.0. The van der Waals surface area contributed by atoms with Gasteiger partial charge >= 0.3 is 5.97 Å². The van der Waals surface area contributed by atoms with Gasteiger partial charge in [-0.2, -0.15) is 0 Å². The monoisotopic (exact) mass is 453 g/mol. The van der Waals surface area contributed by atoms with Crippen LogP contribution in [0.4, 0.5) is 5.69 Å². The molecule has 0 radical (unpaired) electrons. The van der Waals surface area contributed by atoms with E-state index in [0.29, 0.717) is 23.6 Å². The van der Waals surface area contributed by atoms with Crippen LogP contribution in [0.25, 0.3) is 10.8 Å². The number of hydrogen-bond acceptors (Lipinski definition) is 4. The third kappa shape index (κ3) is 3.44. The van der Waals surface area contributed by atoms with Crippen LogP contribution in [0.15, 0.2) is 71.9 Å². The number of benzene rings is 3. The number of anilines is 1. The third-order valence-corrected chi connectivity index (χ3v) is 7.47. The lowest BCUT2D eigenvalue weighted by Gasteiger charge is -2.44. The molecule has 2 aliphatic rings. The van der Waals surface area contributed by atoms with Crippen molar-refractivity contribution >= 4 is 28.2 Å². The second-order valence-electron chi connectivity index (χ2n) is 10.5. The highest BCUT2D eigenvalue weighted by molar-refractivity contribution is 6.06. The molecule has 1 aliphatic heterocycles. The van der Waals surface area contributed by atoms with Crippen molar-refractivity contribution in [2.75, 3.05) is 12.4 Å². The summed E-state index contributed by atoms with van der Waals surface area (Å²) in [6, 6.07) is 21.0. The Labute approximate surface area is 201 Å². The Morgan fingerprint density at radius 2 is 1.74 bits per heavy atom. The first-order valence-corrected chi connectivity index (χ1v) is 12.0. The maximum Gasteiger partial charge on any atom is 0.315 e. The summed E-state index contributed by atoms with van der Waals surface area (Å²) in [5.74, 6) is -0.595. The summed E-state index contributed by atoms with van der Waals surface area (Å²) >= 11 is 0. The number of ketones is 1. The molecule has 2 atom stereocenters. The van der Waals surface area contributed by atoms with Crippen molar-refractivity contribution in [3.8, 4) is 0 Å². The number of esters is 1. The fourth-order valence-electron chi connectivity index (χ4n) is 5.73. The van der Waals surface area contributed by atoms with E-state index in [9.17, 15) is 9.59 Å². The maximum absolute atomic E-state index is 13.8. The Morgan fingerprint density at radius 1 is 1.03 bits per heavy atom. The summed E-state index contributed by atoms with van der Waals surface area (Å²) in [6.07, 6.45) is 0.300. The van der Waals surface area contributed by atoms with E-state index in [0.717, 1.165) is 27.6 Å². The summed E-state index contributed by atoms with van der Waals surface area (Å²) in [7, 11) is 1.42. The van der Waals surface area contributed by atoms with Gasteiger partial charge in [-0.05, 0) is 44.9 Å². The molecule has 0 unspecified atom stereocenters. The first-order chi connectivity index (χ1) is 16.2. The van der Waals surface area contributed by atoms with E-state index in [4.69, 9.17) is 4.74 Å². The highest BCUT2D eigenvalue weighted by Gasteiger charge is 2.50. The first kappa shape index (κ1) is 22.4. The summed E-state index contributed by atoms with van der Waals surface area (Å²) in [5.41, 5.74) is 5.18. The van der Waals surface area contributed by atoms with Crippen molar-refractivity contribution in [2.45, 2.75) is 46.0 Å². The van der Waals surface area contributed by atoms with Crippen LogP contribution in [0, 0.1) is 11.3 Å². The molecular formula is C30H31NO3. The summed E-state index contributed by atoms with van der Waals surface area (Å²) in [5, 5.41) is 5.77. The molecule has 0 amide bonds. The lowest BCUT2D eigenvalue weighted by atomic mass is 9.63. The molecule has 1 heterocycles. The molecule has 0 saturated heterocycles. The van der Waals surface area contributed by atoms with Crippen molar-refractivity contribution in [3.05, 3.63) is 88.6 Å². The minimum absolute atomic E-state index is 0.0872. The molecule has 174 valence electrons. The zero-order chi connectivity index (χ0) is 24.2. The van der Waals surface area contributed by atoms with Crippen LogP contribution in [0.5, 0.6) is 0 Å². The van der Waals surface area contributed by atoms with Gasteiger partial charge in [0.2, 0.25) is 0 Å². The molecule has 0 bridgehead atoms. The number of fused-ring (bicyclic) bond motifs is 3. The number of carbonyl (C=O) groups excluding carboxylic acids is 2. The Bertz CT molecular complexity index is 1330. The molecule has 4 nitrogen and oxygen atoms in total. The molecule has 0 fully saturated rings. The minimum atomic E-state index is -0.545. The van der Waals surface area contributed by atoms with E-state index in [1.165, 1.54) is 12.7 Å². The second kappa shape index (κ2) is 8.12. The predicted octanol–water partition coefficient (Wildman–Crippen LogP) is 6.56.